The van der Waals surface area contributed by atoms with Gasteiger partial charge in [-0.2, -0.15) is 0 Å². The SMILES string of the molecule is CC(C)(C)c1nc2c(s1)CC(CN)CC2. The average Bonchev–Trinajstić information content (AvgIpc) is 2.59. The predicted molar refractivity (Wildman–Crippen MR) is 65.4 cm³/mol. The third-order valence-electron chi connectivity index (χ3n) is 3.02. The van der Waals surface area contributed by atoms with Crippen molar-refractivity contribution in [3.63, 3.8) is 0 Å². The summed E-state index contributed by atoms with van der Waals surface area (Å²) in [6.45, 7) is 7.52. The number of aryl methyl sites for hydroxylation is 1. The highest BCUT2D eigenvalue weighted by atomic mass is 32.1. The summed E-state index contributed by atoms with van der Waals surface area (Å²) in [7, 11) is 0. The second-order valence-corrected chi connectivity index (χ2v) is 6.57. The molecule has 1 atom stereocenters. The lowest BCUT2D eigenvalue weighted by molar-refractivity contribution is 0.468. The van der Waals surface area contributed by atoms with Gasteiger partial charge in [-0.15, -0.1) is 11.3 Å². The average molecular weight is 224 g/mol. The van der Waals surface area contributed by atoms with Crippen LogP contribution < -0.4 is 5.73 Å². The van der Waals surface area contributed by atoms with Gasteiger partial charge in [-0.3, -0.25) is 0 Å². The highest BCUT2D eigenvalue weighted by molar-refractivity contribution is 7.11. The lowest BCUT2D eigenvalue weighted by Gasteiger charge is -2.18. The molecule has 1 unspecified atom stereocenters. The molecule has 0 aliphatic heterocycles. The standard InChI is InChI=1S/C12H20N2S/c1-12(2,3)11-14-9-5-4-8(7-13)6-10(9)15-11/h8H,4-7,13H2,1-3H3. The number of nitrogens with zero attached hydrogens (tertiary/aromatic N) is 1. The summed E-state index contributed by atoms with van der Waals surface area (Å²) < 4.78 is 0. The monoisotopic (exact) mass is 224 g/mol. The Balaban J connectivity index is 2.26. The zero-order chi connectivity index (χ0) is 11.1. The van der Waals surface area contributed by atoms with Crippen LogP contribution in [0.4, 0.5) is 0 Å². The van der Waals surface area contributed by atoms with Crippen molar-refractivity contribution in [3.8, 4) is 0 Å². The van der Waals surface area contributed by atoms with Crippen molar-refractivity contribution < 1.29 is 0 Å². The molecule has 2 N–H and O–H groups in total. The molecule has 1 aliphatic rings. The van der Waals surface area contributed by atoms with Gasteiger partial charge in [0.05, 0.1) is 10.7 Å². The van der Waals surface area contributed by atoms with Crippen LogP contribution >= 0.6 is 11.3 Å². The highest BCUT2D eigenvalue weighted by Gasteiger charge is 2.25. The van der Waals surface area contributed by atoms with Crippen LogP contribution in [0, 0.1) is 5.92 Å². The van der Waals surface area contributed by atoms with E-state index in [2.05, 4.69) is 20.8 Å². The van der Waals surface area contributed by atoms with E-state index in [9.17, 15) is 0 Å². The number of nitrogens with two attached hydrogens (primary N) is 1. The lowest BCUT2D eigenvalue weighted by Crippen LogP contribution is -2.21. The molecule has 0 bridgehead atoms. The fourth-order valence-electron chi connectivity index (χ4n) is 1.97. The van der Waals surface area contributed by atoms with E-state index in [1.165, 1.54) is 22.0 Å². The maximum atomic E-state index is 5.74. The Labute approximate surface area is 95.9 Å². The van der Waals surface area contributed by atoms with Gasteiger partial charge < -0.3 is 5.73 Å². The minimum absolute atomic E-state index is 0.195. The van der Waals surface area contributed by atoms with Crippen LogP contribution in [0.2, 0.25) is 0 Å². The zero-order valence-electron chi connectivity index (χ0n) is 9.84. The maximum Gasteiger partial charge on any atom is 0.0984 e. The molecule has 1 aromatic rings. The summed E-state index contributed by atoms with van der Waals surface area (Å²) in [6, 6.07) is 0. The summed E-state index contributed by atoms with van der Waals surface area (Å²) in [5, 5.41) is 1.28. The van der Waals surface area contributed by atoms with E-state index in [1.54, 1.807) is 0 Å². The van der Waals surface area contributed by atoms with E-state index in [0.717, 1.165) is 19.4 Å². The van der Waals surface area contributed by atoms with Gasteiger partial charge in [-0.1, -0.05) is 20.8 Å². The van der Waals surface area contributed by atoms with E-state index >= 15 is 0 Å². The van der Waals surface area contributed by atoms with Gasteiger partial charge in [0.1, 0.15) is 0 Å². The van der Waals surface area contributed by atoms with Gasteiger partial charge in [-0.25, -0.2) is 4.98 Å². The van der Waals surface area contributed by atoms with E-state index in [4.69, 9.17) is 10.7 Å². The molecule has 0 radical (unpaired) electrons. The Bertz CT molecular complexity index is 349. The molecule has 1 heterocycles. The van der Waals surface area contributed by atoms with E-state index in [1.807, 2.05) is 11.3 Å². The third kappa shape index (κ3) is 2.23. The summed E-state index contributed by atoms with van der Waals surface area (Å²) in [5.41, 5.74) is 7.27. The minimum Gasteiger partial charge on any atom is -0.330 e. The molecule has 2 rings (SSSR count). The molecule has 0 amide bonds. The first-order valence-corrected chi connectivity index (χ1v) is 6.51. The first kappa shape index (κ1) is 11.1. The van der Waals surface area contributed by atoms with Gasteiger partial charge in [0, 0.05) is 10.3 Å². The molecule has 15 heavy (non-hydrogen) atoms. The minimum atomic E-state index is 0.195. The molecule has 0 saturated carbocycles. The summed E-state index contributed by atoms with van der Waals surface area (Å²) in [4.78, 5) is 6.26. The summed E-state index contributed by atoms with van der Waals surface area (Å²) in [6.07, 6.45) is 3.50. The maximum absolute atomic E-state index is 5.74. The molecule has 0 aromatic carbocycles. The zero-order valence-corrected chi connectivity index (χ0v) is 10.7. The molecule has 0 saturated heterocycles. The number of aromatic nitrogens is 1. The quantitative estimate of drug-likeness (QED) is 0.796. The van der Waals surface area contributed by atoms with Crippen molar-refractivity contribution >= 4 is 11.3 Å². The largest absolute Gasteiger partial charge is 0.330 e. The van der Waals surface area contributed by atoms with Crippen molar-refractivity contribution in [1.29, 1.82) is 0 Å². The van der Waals surface area contributed by atoms with Crippen molar-refractivity contribution in [3.05, 3.63) is 15.6 Å². The Morgan fingerprint density at radius 3 is 2.80 bits per heavy atom. The van der Waals surface area contributed by atoms with E-state index in [0.29, 0.717) is 5.92 Å². The van der Waals surface area contributed by atoms with Crippen molar-refractivity contribution in [1.82, 2.24) is 4.98 Å². The van der Waals surface area contributed by atoms with Crippen LogP contribution in [0.1, 0.15) is 42.8 Å². The smallest absolute Gasteiger partial charge is 0.0984 e. The number of hydrogen-bond acceptors (Lipinski definition) is 3. The first-order valence-electron chi connectivity index (χ1n) is 5.70. The summed E-state index contributed by atoms with van der Waals surface area (Å²) in [5.74, 6) is 0.686. The molecule has 1 aromatic heterocycles. The number of thiazole rings is 1. The van der Waals surface area contributed by atoms with Gasteiger partial charge >= 0.3 is 0 Å². The van der Waals surface area contributed by atoms with Gasteiger partial charge in [0.2, 0.25) is 0 Å². The Morgan fingerprint density at radius 1 is 1.47 bits per heavy atom. The first-order chi connectivity index (χ1) is 7.00. The van der Waals surface area contributed by atoms with Gasteiger partial charge in [-0.05, 0) is 31.7 Å². The molecule has 0 spiro atoms. The van der Waals surface area contributed by atoms with Crippen LogP contribution in [0.25, 0.3) is 0 Å². The summed E-state index contributed by atoms with van der Waals surface area (Å²) >= 11 is 1.89. The predicted octanol–water partition coefficient (Wildman–Crippen LogP) is 2.50. The molecule has 3 heteroatoms. The van der Waals surface area contributed by atoms with Gasteiger partial charge in [0.25, 0.3) is 0 Å². The van der Waals surface area contributed by atoms with E-state index in [-0.39, 0.29) is 5.41 Å². The van der Waals surface area contributed by atoms with E-state index < -0.39 is 0 Å². The Hall–Kier alpha value is -0.410. The number of rotatable bonds is 1. The molecule has 2 nitrogen and oxygen atoms in total. The number of fused-ring (bicyclic) bond motifs is 1. The highest BCUT2D eigenvalue weighted by Crippen LogP contribution is 2.34. The second-order valence-electron chi connectivity index (χ2n) is 5.48. The van der Waals surface area contributed by atoms with Crippen molar-refractivity contribution in [2.75, 3.05) is 6.54 Å². The molecule has 0 fully saturated rings. The van der Waals surface area contributed by atoms with Crippen molar-refractivity contribution in [2.24, 2.45) is 11.7 Å². The molecular weight excluding hydrogens is 204 g/mol. The Morgan fingerprint density at radius 2 is 2.20 bits per heavy atom. The van der Waals surface area contributed by atoms with Crippen molar-refractivity contribution in [2.45, 2.75) is 45.4 Å². The normalized spacial score (nSPS) is 21.5. The lowest BCUT2D eigenvalue weighted by atomic mass is 9.91. The number of hydrogen-bond donors (Lipinski definition) is 1. The van der Waals surface area contributed by atoms with Crippen LogP contribution in [0.3, 0.4) is 0 Å². The van der Waals surface area contributed by atoms with Gasteiger partial charge in [0.15, 0.2) is 0 Å². The molecular formula is C12H20N2S. The topological polar surface area (TPSA) is 38.9 Å². The van der Waals surface area contributed by atoms with Crippen LogP contribution in [-0.2, 0) is 18.3 Å². The second kappa shape index (κ2) is 3.87. The molecule has 84 valence electrons. The fourth-order valence-corrected chi connectivity index (χ4v) is 3.25. The van der Waals surface area contributed by atoms with Crippen LogP contribution in [0.15, 0.2) is 0 Å². The van der Waals surface area contributed by atoms with Crippen LogP contribution in [-0.4, -0.2) is 11.5 Å². The Kier molecular flexibility index (Phi) is 2.86. The third-order valence-corrected chi connectivity index (χ3v) is 4.56. The van der Waals surface area contributed by atoms with Crippen LogP contribution in [0.5, 0.6) is 0 Å². The fraction of sp³-hybridized carbons (Fsp3) is 0.750. The molecule has 1 aliphatic carbocycles.